The van der Waals surface area contributed by atoms with Gasteiger partial charge in [0.15, 0.2) is 5.78 Å². The number of Topliss-reactive ketones (excluding diaryl/α,β-unsaturated/α-hetero) is 1. The molecule has 1 aliphatic heterocycles. The Morgan fingerprint density at radius 1 is 1.08 bits per heavy atom. The van der Waals surface area contributed by atoms with Gasteiger partial charge in [-0.1, -0.05) is 67.4 Å². The number of anilines is 2. The van der Waals surface area contributed by atoms with E-state index in [-0.39, 0.29) is 29.5 Å². The molecule has 0 spiro atoms. The van der Waals surface area contributed by atoms with Crippen molar-refractivity contribution in [2.24, 2.45) is 5.41 Å². The van der Waals surface area contributed by atoms with Crippen LogP contribution in [0.5, 0.6) is 0 Å². The van der Waals surface area contributed by atoms with Gasteiger partial charge in [0.1, 0.15) is 5.82 Å². The molecule has 5 rings (SSSR count). The molecule has 5 nitrogen and oxygen atoms in total. The number of ketones is 1. The van der Waals surface area contributed by atoms with Crippen molar-refractivity contribution in [1.29, 1.82) is 0 Å². The van der Waals surface area contributed by atoms with Crippen molar-refractivity contribution in [2.75, 3.05) is 23.3 Å². The van der Waals surface area contributed by atoms with E-state index in [9.17, 15) is 14.0 Å². The van der Waals surface area contributed by atoms with Crippen LogP contribution >= 0.6 is 23.2 Å². The number of hydrogen-bond donors (Lipinski definition) is 2. The highest BCUT2D eigenvalue weighted by Crippen LogP contribution is 2.49. The maximum absolute atomic E-state index is 13.8. The summed E-state index contributed by atoms with van der Waals surface area (Å²) in [6.45, 7) is 4.57. The van der Waals surface area contributed by atoms with Crippen LogP contribution in [0.3, 0.4) is 0 Å². The standard InChI is InChI=1S/C31H30Cl2FN3O2/c1-31(2)16-25-29(27(38)17-31)30(22-12-9-20(32)15-23(22)33)37(26-6-4-3-5-24(26)36-25)18-28(39)35-14-13-19-7-10-21(34)11-8-19/h3-12,15,30,36H,13-14,16-18H2,1-2H3,(H,35,39). The van der Waals surface area contributed by atoms with Crippen molar-refractivity contribution in [3.8, 4) is 0 Å². The SMILES string of the molecule is CC1(C)CC(=O)C2=C(C1)Nc1ccccc1N(CC(=O)NCCc1ccc(F)cc1)C2c1ccc(Cl)cc1Cl. The lowest BCUT2D eigenvalue weighted by Crippen LogP contribution is -2.42. The number of benzene rings is 3. The maximum atomic E-state index is 13.8. The predicted molar refractivity (Wildman–Crippen MR) is 155 cm³/mol. The van der Waals surface area contributed by atoms with E-state index in [0.29, 0.717) is 47.0 Å². The molecule has 1 atom stereocenters. The molecular formula is C31H30Cl2FN3O2. The van der Waals surface area contributed by atoms with E-state index in [1.807, 2.05) is 35.2 Å². The van der Waals surface area contributed by atoms with E-state index < -0.39 is 6.04 Å². The van der Waals surface area contributed by atoms with Gasteiger partial charge in [-0.05, 0) is 65.8 Å². The number of hydrogen-bond acceptors (Lipinski definition) is 4. The monoisotopic (exact) mass is 565 g/mol. The molecule has 202 valence electrons. The van der Waals surface area contributed by atoms with Crippen LogP contribution < -0.4 is 15.5 Å². The number of allylic oxidation sites excluding steroid dienone is 1. The number of nitrogens with zero attached hydrogens (tertiary/aromatic N) is 1. The second-order valence-corrected chi connectivity index (χ2v) is 11.7. The largest absolute Gasteiger partial charge is 0.357 e. The summed E-state index contributed by atoms with van der Waals surface area (Å²) in [7, 11) is 0. The van der Waals surface area contributed by atoms with E-state index in [4.69, 9.17) is 23.2 Å². The molecule has 3 aromatic carbocycles. The first-order chi connectivity index (χ1) is 18.6. The average molecular weight is 567 g/mol. The van der Waals surface area contributed by atoms with Gasteiger partial charge in [-0.15, -0.1) is 0 Å². The number of para-hydroxylation sites is 2. The molecule has 0 saturated heterocycles. The minimum Gasteiger partial charge on any atom is -0.357 e. The van der Waals surface area contributed by atoms with Crippen molar-refractivity contribution < 1.29 is 14.0 Å². The van der Waals surface area contributed by atoms with Crippen LogP contribution in [0.25, 0.3) is 0 Å². The fourth-order valence-corrected chi connectivity index (χ4v) is 5.99. The van der Waals surface area contributed by atoms with Crippen molar-refractivity contribution in [3.63, 3.8) is 0 Å². The Morgan fingerprint density at radius 3 is 2.56 bits per heavy atom. The minimum atomic E-state index is -0.590. The van der Waals surface area contributed by atoms with Crippen LogP contribution in [0.15, 0.2) is 78.0 Å². The molecule has 2 N–H and O–H groups in total. The number of rotatable bonds is 6. The van der Waals surface area contributed by atoms with E-state index >= 15 is 0 Å². The third-order valence-electron chi connectivity index (χ3n) is 7.22. The minimum absolute atomic E-state index is 0.000808. The third-order valence-corrected chi connectivity index (χ3v) is 7.79. The van der Waals surface area contributed by atoms with E-state index in [2.05, 4.69) is 24.5 Å². The Balaban J connectivity index is 1.53. The summed E-state index contributed by atoms with van der Waals surface area (Å²) in [5.41, 5.74) is 4.51. The van der Waals surface area contributed by atoms with Crippen molar-refractivity contribution in [1.82, 2.24) is 5.32 Å². The van der Waals surface area contributed by atoms with Crippen LogP contribution in [0.1, 0.15) is 43.9 Å². The van der Waals surface area contributed by atoms with Gasteiger partial charge in [0.05, 0.1) is 24.0 Å². The number of carbonyl (C=O) groups excluding carboxylic acids is 2. The molecular weight excluding hydrogens is 536 g/mol. The first kappa shape index (κ1) is 27.2. The van der Waals surface area contributed by atoms with E-state index in [1.165, 1.54) is 12.1 Å². The molecule has 0 radical (unpaired) electrons. The van der Waals surface area contributed by atoms with Gasteiger partial charge >= 0.3 is 0 Å². The lowest BCUT2D eigenvalue weighted by molar-refractivity contribution is -0.120. The highest BCUT2D eigenvalue weighted by molar-refractivity contribution is 6.35. The molecule has 1 heterocycles. The number of fused-ring (bicyclic) bond motifs is 1. The van der Waals surface area contributed by atoms with Gasteiger partial charge in [0.25, 0.3) is 0 Å². The molecule has 1 amide bonds. The molecule has 39 heavy (non-hydrogen) atoms. The summed E-state index contributed by atoms with van der Waals surface area (Å²) in [6, 6.07) is 18.6. The number of amides is 1. The van der Waals surface area contributed by atoms with Gasteiger partial charge in [-0.2, -0.15) is 0 Å². The second-order valence-electron chi connectivity index (χ2n) is 10.9. The summed E-state index contributed by atoms with van der Waals surface area (Å²) in [5, 5.41) is 7.44. The highest BCUT2D eigenvalue weighted by atomic mass is 35.5. The Labute approximate surface area is 238 Å². The van der Waals surface area contributed by atoms with Gasteiger partial charge in [-0.3, -0.25) is 9.59 Å². The van der Waals surface area contributed by atoms with Crippen LogP contribution in [-0.2, 0) is 16.0 Å². The molecule has 0 fully saturated rings. The zero-order valence-corrected chi connectivity index (χ0v) is 23.4. The van der Waals surface area contributed by atoms with Crippen molar-refractivity contribution >= 4 is 46.3 Å². The highest BCUT2D eigenvalue weighted by Gasteiger charge is 2.42. The summed E-state index contributed by atoms with van der Waals surface area (Å²) in [6.07, 6.45) is 1.64. The van der Waals surface area contributed by atoms with Crippen LogP contribution in [0, 0.1) is 11.2 Å². The molecule has 0 bridgehead atoms. The lowest BCUT2D eigenvalue weighted by atomic mass is 9.73. The Morgan fingerprint density at radius 2 is 1.82 bits per heavy atom. The number of carbonyl (C=O) groups is 2. The molecule has 2 aliphatic rings. The normalized spacial score (nSPS) is 18.1. The molecule has 0 saturated carbocycles. The molecule has 1 aliphatic carbocycles. The second kappa shape index (κ2) is 11.0. The van der Waals surface area contributed by atoms with Crippen LogP contribution in [0.4, 0.5) is 15.8 Å². The Hall–Kier alpha value is -3.35. The predicted octanol–water partition coefficient (Wildman–Crippen LogP) is 7.11. The Bertz CT molecular complexity index is 1450. The maximum Gasteiger partial charge on any atom is 0.239 e. The zero-order chi connectivity index (χ0) is 27.7. The summed E-state index contributed by atoms with van der Waals surface area (Å²) < 4.78 is 13.2. The van der Waals surface area contributed by atoms with Gasteiger partial charge in [0, 0.05) is 34.3 Å². The molecule has 0 aromatic heterocycles. The first-order valence-corrected chi connectivity index (χ1v) is 13.7. The first-order valence-electron chi connectivity index (χ1n) is 13.0. The van der Waals surface area contributed by atoms with Gasteiger partial charge < -0.3 is 15.5 Å². The topological polar surface area (TPSA) is 61.4 Å². The summed E-state index contributed by atoms with van der Waals surface area (Å²) in [5.74, 6) is -0.466. The lowest BCUT2D eigenvalue weighted by Gasteiger charge is -2.38. The average Bonchev–Trinajstić information content (AvgIpc) is 2.99. The molecule has 8 heteroatoms. The van der Waals surface area contributed by atoms with Gasteiger partial charge in [0.2, 0.25) is 5.91 Å². The summed E-state index contributed by atoms with van der Waals surface area (Å²) >= 11 is 13.0. The van der Waals surface area contributed by atoms with Crippen molar-refractivity contribution in [2.45, 2.75) is 39.2 Å². The van der Waals surface area contributed by atoms with Crippen LogP contribution in [0.2, 0.25) is 10.0 Å². The van der Waals surface area contributed by atoms with E-state index in [1.54, 1.807) is 24.3 Å². The fraction of sp³-hybridized carbons (Fsp3) is 0.290. The fourth-order valence-electron chi connectivity index (χ4n) is 5.48. The summed E-state index contributed by atoms with van der Waals surface area (Å²) in [4.78, 5) is 29.1. The smallest absolute Gasteiger partial charge is 0.239 e. The third kappa shape index (κ3) is 5.97. The molecule has 1 unspecified atom stereocenters. The van der Waals surface area contributed by atoms with E-state index in [0.717, 1.165) is 22.6 Å². The zero-order valence-electron chi connectivity index (χ0n) is 21.9. The quantitative estimate of drug-likeness (QED) is 0.334. The van der Waals surface area contributed by atoms with Crippen LogP contribution in [-0.4, -0.2) is 24.8 Å². The number of nitrogens with one attached hydrogen (secondary N) is 2. The van der Waals surface area contributed by atoms with Gasteiger partial charge in [-0.25, -0.2) is 4.39 Å². The Kier molecular flexibility index (Phi) is 7.70. The molecule has 3 aromatic rings. The van der Waals surface area contributed by atoms with Crippen molar-refractivity contribution in [3.05, 3.63) is 105 Å². The number of halogens is 3.